The topological polar surface area (TPSA) is 121 Å². The number of carbonyl (C=O) groups excluding carboxylic acids is 1. The molecule has 1 amide bonds. The van der Waals surface area contributed by atoms with Gasteiger partial charge in [0.1, 0.15) is 23.1 Å². The number of halogens is 1. The lowest BCUT2D eigenvalue weighted by Crippen LogP contribution is -2.14. The van der Waals surface area contributed by atoms with Crippen molar-refractivity contribution < 1.29 is 19.2 Å². The van der Waals surface area contributed by atoms with Gasteiger partial charge in [0.15, 0.2) is 11.0 Å². The summed E-state index contributed by atoms with van der Waals surface area (Å²) in [6.45, 7) is 0.205. The van der Waals surface area contributed by atoms with Gasteiger partial charge in [0.05, 0.1) is 17.8 Å². The molecule has 1 aromatic heterocycles. The van der Waals surface area contributed by atoms with Gasteiger partial charge in [-0.05, 0) is 36.4 Å². The molecule has 162 valence electrons. The van der Waals surface area contributed by atoms with Crippen LogP contribution in [0.3, 0.4) is 0 Å². The highest BCUT2D eigenvalue weighted by Gasteiger charge is 2.15. The molecule has 0 fully saturated rings. The van der Waals surface area contributed by atoms with Crippen molar-refractivity contribution in [1.82, 2.24) is 14.8 Å². The number of nitro benzene ring substituents is 1. The Bertz CT molecular complexity index is 1090. The van der Waals surface area contributed by atoms with Crippen LogP contribution in [0.2, 0.25) is 5.02 Å². The first kappa shape index (κ1) is 22.4. The van der Waals surface area contributed by atoms with Crippen molar-refractivity contribution in [2.75, 3.05) is 18.2 Å². The minimum absolute atomic E-state index is 0.000784. The maximum absolute atomic E-state index is 12.2. The first-order valence-corrected chi connectivity index (χ1v) is 10.3. The predicted octanol–water partition coefficient (Wildman–Crippen LogP) is 3.70. The lowest BCUT2D eigenvalue weighted by molar-refractivity contribution is -0.384. The molecule has 12 heteroatoms. The monoisotopic (exact) mass is 463 g/mol. The van der Waals surface area contributed by atoms with Gasteiger partial charge in [-0.1, -0.05) is 23.4 Å². The molecule has 0 atom stereocenters. The quantitative estimate of drug-likeness (QED) is 0.289. The molecule has 2 aromatic carbocycles. The van der Waals surface area contributed by atoms with Crippen molar-refractivity contribution in [3.8, 4) is 11.5 Å². The fourth-order valence-electron chi connectivity index (χ4n) is 2.47. The third kappa shape index (κ3) is 5.86. The zero-order valence-electron chi connectivity index (χ0n) is 16.6. The van der Waals surface area contributed by atoms with Crippen LogP contribution in [0.4, 0.5) is 11.4 Å². The molecule has 0 unspecified atom stereocenters. The molecule has 0 aliphatic heterocycles. The van der Waals surface area contributed by atoms with Gasteiger partial charge in [0, 0.05) is 18.8 Å². The van der Waals surface area contributed by atoms with Crippen LogP contribution in [-0.4, -0.2) is 38.5 Å². The molecule has 0 saturated carbocycles. The number of hydrogen-bond acceptors (Lipinski definition) is 8. The van der Waals surface area contributed by atoms with E-state index in [0.717, 1.165) is 5.75 Å². The number of anilines is 1. The highest BCUT2D eigenvalue weighted by atomic mass is 35.5. The van der Waals surface area contributed by atoms with Crippen molar-refractivity contribution in [1.29, 1.82) is 0 Å². The molecule has 0 aliphatic carbocycles. The van der Waals surface area contributed by atoms with Crippen molar-refractivity contribution in [3.05, 3.63) is 63.4 Å². The van der Waals surface area contributed by atoms with Crippen LogP contribution < -0.4 is 14.8 Å². The maximum atomic E-state index is 12.2. The second-order valence-corrected chi connectivity index (χ2v) is 7.53. The summed E-state index contributed by atoms with van der Waals surface area (Å²) in [6, 6.07) is 11.2. The molecule has 10 nitrogen and oxygen atoms in total. The molecule has 3 aromatic rings. The maximum Gasteiger partial charge on any atom is 0.289 e. The molecular formula is C19H18ClN5O5S. The number of nitro groups is 1. The Hall–Kier alpha value is -3.31. The van der Waals surface area contributed by atoms with Crippen molar-refractivity contribution in [3.63, 3.8) is 0 Å². The third-order valence-corrected chi connectivity index (χ3v) is 5.45. The van der Waals surface area contributed by atoms with Gasteiger partial charge in [-0.25, -0.2) is 0 Å². The Morgan fingerprint density at radius 3 is 2.61 bits per heavy atom. The standard InChI is InChI=1S/C19H18ClN5O5S/c1-24-17(10-30-14-6-4-13(29-2)5-7-14)22-23-19(24)31-11-18(26)21-12-3-8-15(20)16(9-12)25(27)28/h3-9H,10-11H2,1-2H3,(H,21,26). The average Bonchev–Trinajstić information content (AvgIpc) is 3.11. The van der Waals surface area contributed by atoms with Crippen LogP contribution in [0.15, 0.2) is 47.6 Å². The Labute approximate surface area is 186 Å². The summed E-state index contributed by atoms with van der Waals surface area (Å²) < 4.78 is 12.5. The minimum atomic E-state index is -0.609. The van der Waals surface area contributed by atoms with E-state index >= 15 is 0 Å². The number of carbonyl (C=O) groups is 1. The Morgan fingerprint density at radius 2 is 1.94 bits per heavy atom. The summed E-state index contributed by atoms with van der Waals surface area (Å²) >= 11 is 6.96. The van der Waals surface area contributed by atoms with Crippen LogP contribution in [0.1, 0.15) is 5.82 Å². The van der Waals surface area contributed by atoms with Gasteiger partial charge in [-0.2, -0.15) is 0 Å². The summed E-state index contributed by atoms with van der Waals surface area (Å²) in [6.07, 6.45) is 0. The molecule has 0 aliphatic rings. The number of methoxy groups -OCH3 is 1. The van der Waals surface area contributed by atoms with E-state index in [1.807, 2.05) is 0 Å². The number of rotatable bonds is 9. The number of benzene rings is 2. The van der Waals surface area contributed by atoms with E-state index in [9.17, 15) is 14.9 Å². The highest BCUT2D eigenvalue weighted by Crippen LogP contribution is 2.27. The van der Waals surface area contributed by atoms with Crippen LogP contribution in [-0.2, 0) is 18.4 Å². The van der Waals surface area contributed by atoms with Crippen LogP contribution >= 0.6 is 23.4 Å². The predicted molar refractivity (Wildman–Crippen MR) is 116 cm³/mol. The van der Waals surface area contributed by atoms with Crippen LogP contribution in [0.5, 0.6) is 11.5 Å². The smallest absolute Gasteiger partial charge is 0.289 e. The molecular weight excluding hydrogens is 446 g/mol. The minimum Gasteiger partial charge on any atom is -0.497 e. The fraction of sp³-hybridized carbons (Fsp3) is 0.211. The van der Waals surface area contributed by atoms with Gasteiger partial charge in [-0.15, -0.1) is 10.2 Å². The molecule has 3 rings (SSSR count). The first-order valence-electron chi connectivity index (χ1n) is 8.89. The molecule has 1 N–H and O–H groups in total. The Morgan fingerprint density at radius 1 is 1.23 bits per heavy atom. The van der Waals surface area contributed by atoms with Crippen LogP contribution in [0.25, 0.3) is 0 Å². The largest absolute Gasteiger partial charge is 0.497 e. The Kier molecular flexibility index (Phi) is 7.32. The van der Waals surface area contributed by atoms with Gasteiger partial charge < -0.3 is 19.4 Å². The summed E-state index contributed by atoms with van der Waals surface area (Å²) in [4.78, 5) is 22.5. The van der Waals surface area contributed by atoms with E-state index in [1.165, 1.54) is 30.0 Å². The fourth-order valence-corrected chi connectivity index (χ4v) is 3.39. The number of amides is 1. The average molecular weight is 464 g/mol. The number of nitrogens with one attached hydrogen (secondary N) is 1. The summed E-state index contributed by atoms with van der Waals surface area (Å²) in [7, 11) is 3.36. The van der Waals surface area contributed by atoms with Crippen molar-refractivity contribution in [2.45, 2.75) is 11.8 Å². The van der Waals surface area contributed by atoms with Crippen LogP contribution in [0, 0.1) is 10.1 Å². The van der Waals surface area contributed by atoms with E-state index in [1.54, 1.807) is 43.0 Å². The zero-order valence-corrected chi connectivity index (χ0v) is 18.1. The lowest BCUT2D eigenvalue weighted by Gasteiger charge is -2.08. The van der Waals surface area contributed by atoms with E-state index in [4.69, 9.17) is 21.1 Å². The molecule has 0 saturated heterocycles. The van der Waals surface area contributed by atoms with Crippen molar-refractivity contribution >= 4 is 40.6 Å². The molecule has 0 spiro atoms. The molecule has 0 radical (unpaired) electrons. The number of nitrogens with zero attached hydrogens (tertiary/aromatic N) is 4. The summed E-state index contributed by atoms with van der Waals surface area (Å²) in [5, 5.41) is 22.2. The third-order valence-electron chi connectivity index (χ3n) is 4.11. The molecule has 0 bridgehead atoms. The van der Waals surface area contributed by atoms with Crippen molar-refractivity contribution in [2.24, 2.45) is 7.05 Å². The van der Waals surface area contributed by atoms with Gasteiger partial charge >= 0.3 is 0 Å². The van der Waals surface area contributed by atoms with E-state index in [-0.39, 0.29) is 34.7 Å². The second kappa shape index (κ2) is 10.1. The van der Waals surface area contributed by atoms with E-state index in [2.05, 4.69) is 15.5 Å². The van der Waals surface area contributed by atoms with Gasteiger partial charge in [0.2, 0.25) is 5.91 Å². The van der Waals surface area contributed by atoms with Gasteiger partial charge in [-0.3, -0.25) is 14.9 Å². The normalized spacial score (nSPS) is 10.5. The van der Waals surface area contributed by atoms with E-state index < -0.39 is 4.92 Å². The lowest BCUT2D eigenvalue weighted by atomic mass is 10.3. The summed E-state index contributed by atoms with van der Waals surface area (Å²) in [5.41, 5.74) is 0.00942. The SMILES string of the molecule is COc1ccc(OCc2nnc(SCC(=O)Nc3ccc(Cl)c([N+](=O)[O-])c3)n2C)cc1. The first-order chi connectivity index (χ1) is 14.9. The Balaban J connectivity index is 1.53. The number of hydrogen-bond donors (Lipinski definition) is 1. The second-order valence-electron chi connectivity index (χ2n) is 6.18. The highest BCUT2D eigenvalue weighted by molar-refractivity contribution is 7.99. The molecule has 31 heavy (non-hydrogen) atoms. The van der Waals surface area contributed by atoms with Gasteiger partial charge in [0.25, 0.3) is 5.69 Å². The van der Waals surface area contributed by atoms with E-state index in [0.29, 0.717) is 16.7 Å². The zero-order chi connectivity index (χ0) is 22.4. The summed E-state index contributed by atoms with van der Waals surface area (Å²) in [5.74, 6) is 1.68. The molecule has 1 heterocycles. The number of aromatic nitrogens is 3. The number of thioether (sulfide) groups is 1. The number of ether oxygens (including phenoxy) is 2.